The lowest BCUT2D eigenvalue weighted by molar-refractivity contribution is 0.104. The number of benzene rings is 1. The summed E-state index contributed by atoms with van der Waals surface area (Å²) in [4.78, 5) is 12.2. The maximum absolute atomic E-state index is 12.2. The van der Waals surface area contributed by atoms with Crippen LogP contribution in [0.5, 0.6) is 17.2 Å². The first kappa shape index (κ1) is 14.7. The Labute approximate surface area is 122 Å². The molecule has 0 unspecified atom stereocenters. The number of ether oxygens (including phenoxy) is 2. The molecular weight excluding hydrogens is 272 g/mol. The zero-order valence-electron chi connectivity index (χ0n) is 11.8. The molecule has 0 fully saturated rings. The van der Waals surface area contributed by atoms with Gasteiger partial charge in [0.2, 0.25) is 0 Å². The second-order valence-corrected chi connectivity index (χ2v) is 4.27. The van der Waals surface area contributed by atoms with E-state index in [2.05, 4.69) is 0 Å². The van der Waals surface area contributed by atoms with Crippen LogP contribution in [-0.2, 0) is 6.42 Å². The number of phenolic OH excluding ortho intramolecular Hbond substituents is 1. The van der Waals surface area contributed by atoms with E-state index < -0.39 is 0 Å². The molecular formula is C16H16O5. The summed E-state index contributed by atoms with van der Waals surface area (Å²) in [5.74, 6) is 0.905. The monoisotopic (exact) mass is 288 g/mol. The quantitative estimate of drug-likeness (QED) is 0.653. The van der Waals surface area contributed by atoms with Gasteiger partial charge in [0, 0.05) is 18.6 Å². The van der Waals surface area contributed by atoms with Gasteiger partial charge < -0.3 is 19.0 Å². The Morgan fingerprint density at radius 3 is 2.76 bits per heavy atom. The lowest BCUT2D eigenvalue weighted by atomic mass is 10.1. The number of allylic oxidation sites excluding steroid dienone is 2. The second-order valence-electron chi connectivity index (χ2n) is 4.27. The maximum atomic E-state index is 12.2. The third-order valence-corrected chi connectivity index (χ3v) is 2.93. The number of ketones is 1. The van der Waals surface area contributed by atoms with Gasteiger partial charge in [0.05, 0.1) is 20.5 Å². The molecule has 1 aromatic heterocycles. The second kappa shape index (κ2) is 6.65. The number of hydrogen-bond acceptors (Lipinski definition) is 5. The molecule has 1 heterocycles. The van der Waals surface area contributed by atoms with E-state index in [9.17, 15) is 9.90 Å². The normalized spacial score (nSPS) is 10.8. The van der Waals surface area contributed by atoms with Crippen LogP contribution in [0.15, 0.2) is 47.1 Å². The van der Waals surface area contributed by atoms with Gasteiger partial charge in [-0.1, -0.05) is 6.08 Å². The van der Waals surface area contributed by atoms with E-state index in [0.717, 1.165) is 5.76 Å². The number of carbonyl (C=O) groups excluding carboxylic acids is 1. The van der Waals surface area contributed by atoms with E-state index in [1.165, 1.54) is 26.4 Å². The van der Waals surface area contributed by atoms with Crippen LogP contribution in [0.2, 0.25) is 0 Å². The highest BCUT2D eigenvalue weighted by Crippen LogP contribution is 2.33. The third kappa shape index (κ3) is 3.45. The van der Waals surface area contributed by atoms with E-state index in [4.69, 9.17) is 13.9 Å². The van der Waals surface area contributed by atoms with Crippen LogP contribution in [0.1, 0.15) is 16.1 Å². The van der Waals surface area contributed by atoms with Crippen molar-refractivity contribution in [1.82, 2.24) is 0 Å². The first-order valence-corrected chi connectivity index (χ1v) is 6.34. The molecule has 1 N–H and O–H groups in total. The Hall–Kier alpha value is -2.69. The first-order valence-electron chi connectivity index (χ1n) is 6.34. The number of rotatable bonds is 6. The summed E-state index contributed by atoms with van der Waals surface area (Å²) in [5.41, 5.74) is 0.106. The molecule has 0 radical (unpaired) electrons. The van der Waals surface area contributed by atoms with Gasteiger partial charge in [0.15, 0.2) is 5.78 Å². The van der Waals surface area contributed by atoms with Crippen molar-refractivity contribution >= 4 is 5.78 Å². The predicted octanol–water partition coefficient (Wildman–Crippen LogP) is 2.98. The van der Waals surface area contributed by atoms with Crippen LogP contribution in [0.25, 0.3) is 0 Å². The minimum atomic E-state index is -0.349. The molecule has 0 saturated carbocycles. The molecule has 2 rings (SSSR count). The van der Waals surface area contributed by atoms with Crippen LogP contribution in [-0.4, -0.2) is 25.1 Å². The molecule has 0 bridgehead atoms. The van der Waals surface area contributed by atoms with E-state index in [-0.39, 0.29) is 22.8 Å². The van der Waals surface area contributed by atoms with Gasteiger partial charge in [-0.3, -0.25) is 4.79 Å². The average Bonchev–Trinajstić information content (AvgIpc) is 2.99. The van der Waals surface area contributed by atoms with Crippen molar-refractivity contribution in [2.45, 2.75) is 6.42 Å². The molecule has 0 aliphatic rings. The van der Waals surface area contributed by atoms with Crippen LogP contribution in [0.4, 0.5) is 0 Å². The summed E-state index contributed by atoms with van der Waals surface area (Å²) in [6.45, 7) is 0. The molecule has 2 aromatic rings. The van der Waals surface area contributed by atoms with Gasteiger partial charge in [0.25, 0.3) is 0 Å². The molecule has 5 heteroatoms. The number of methoxy groups -OCH3 is 2. The van der Waals surface area contributed by atoms with Gasteiger partial charge in [-0.25, -0.2) is 0 Å². The van der Waals surface area contributed by atoms with Crippen molar-refractivity contribution in [2.75, 3.05) is 14.2 Å². The minimum absolute atomic E-state index is 0.106. The highest BCUT2D eigenvalue weighted by molar-refractivity contribution is 6.08. The van der Waals surface area contributed by atoms with Crippen molar-refractivity contribution in [3.05, 3.63) is 54.0 Å². The van der Waals surface area contributed by atoms with Crippen molar-refractivity contribution in [3.8, 4) is 17.2 Å². The Morgan fingerprint density at radius 1 is 1.33 bits per heavy atom. The Morgan fingerprint density at radius 2 is 2.14 bits per heavy atom. The molecule has 1 aromatic carbocycles. The van der Waals surface area contributed by atoms with Crippen molar-refractivity contribution < 1.29 is 23.8 Å². The molecule has 0 amide bonds. The highest BCUT2D eigenvalue weighted by atomic mass is 16.5. The molecule has 110 valence electrons. The third-order valence-electron chi connectivity index (χ3n) is 2.93. The van der Waals surface area contributed by atoms with Crippen LogP contribution in [0, 0.1) is 0 Å². The number of carbonyl (C=O) groups is 1. The topological polar surface area (TPSA) is 68.9 Å². The van der Waals surface area contributed by atoms with Crippen molar-refractivity contribution in [3.63, 3.8) is 0 Å². The van der Waals surface area contributed by atoms with E-state index in [1.54, 1.807) is 24.5 Å². The van der Waals surface area contributed by atoms with E-state index >= 15 is 0 Å². The maximum Gasteiger partial charge on any atom is 0.193 e. The van der Waals surface area contributed by atoms with Crippen LogP contribution < -0.4 is 9.47 Å². The number of aromatic hydroxyl groups is 1. The lowest BCUT2D eigenvalue weighted by Gasteiger charge is -2.10. The molecule has 0 aliphatic heterocycles. The standard InChI is InChI=1S/C16H16O5/c1-19-12-9-14(18)16(15(10-12)20-2)13(17)7-3-5-11-6-4-8-21-11/h3-4,6-10,18H,5H2,1-2H3/b7-3+. The highest BCUT2D eigenvalue weighted by Gasteiger charge is 2.17. The van der Waals surface area contributed by atoms with Crippen molar-refractivity contribution in [2.24, 2.45) is 0 Å². The summed E-state index contributed by atoms with van der Waals surface area (Å²) in [6, 6.07) is 6.52. The summed E-state index contributed by atoms with van der Waals surface area (Å²) in [7, 11) is 2.90. The summed E-state index contributed by atoms with van der Waals surface area (Å²) in [5, 5.41) is 9.95. The van der Waals surface area contributed by atoms with Gasteiger partial charge in [-0.05, 0) is 18.2 Å². The molecule has 0 saturated heterocycles. The summed E-state index contributed by atoms with van der Waals surface area (Å²) >= 11 is 0. The Bertz CT molecular complexity index is 641. The van der Waals surface area contributed by atoms with E-state index in [1.807, 2.05) is 6.07 Å². The fourth-order valence-corrected chi connectivity index (χ4v) is 1.90. The summed E-state index contributed by atoms with van der Waals surface area (Å²) < 4.78 is 15.3. The molecule has 0 aliphatic carbocycles. The van der Waals surface area contributed by atoms with Gasteiger partial charge in [-0.15, -0.1) is 0 Å². The number of furan rings is 1. The molecule has 21 heavy (non-hydrogen) atoms. The molecule has 0 spiro atoms. The van der Waals surface area contributed by atoms with E-state index in [0.29, 0.717) is 12.2 Å². The van der Waals surface area contributed by atoms with Gasteiger partial charge in [0.1, 0.15) is 28.6 Å². The van der Waals surface area contributed by atoms with Crippen LogP contribution in [0.3, 0.4) is 0 Å². The van der Waals surface area contributed by atoms with Crippen molar-refractivity contribution in [1.29, 1.82) is 0 Å². The first-order chi connectivity index (χ1) is 10.2. The van der Waals surface area contributed by atoms with Crippen LogP contribution >= 0.6 is 0 Å². The zero-order chi connectivity index (χ0) is 15.2. The van der Waals surface area contributed by atoms with Gasteiger partial charge in [-0.2, -0.15) is 0 Å². The molecule has 5 nitrogen and oxygen atoms in total. The van der Waals surface area contributed by atoms with Gasteiger partial charge >= 0.3 is 0 Å². The summed E-state index contributed by atoms with van der Waals surface area (Å²) in [6.07, 6.45) is 5.12. The number of phenols is 1. The average molecular weight is 288 g/mol. The predicted molar refractivity (Wildman–Crippen MR) is 77.1 cm³/mol. The number of hydrogen-bond donors (Lipinski definition) is 1. The fraction of sp³-hybridized carbons (Fsp3) is 0.188. The largest absolute Gasteiger partial charge is 0.507 e. The smallest absolute Gasteiger partial charge is 0.193 e. The lowest BCUT2D eigenvalue weighted by Crippen LogP contribution is -2.00. The Balaban J connectivity index is 2.20. The molecule has 0 atom stereocenters. The minimum Gasteiger partial charge on any atom is -0.507 e. The fourth-order valence-electron chi connectivity index (χ4n) is 1.90. The Kier molecular flexibility index (Phi) is 4.66. The SMILES string of the molecule is COc1cc(O)c(C(=O)/C=C/Cc2ccco2)c(OC)c1. The zero-order valence-corrected chi connectivity index (χ0v) is 11.8.